The first-order valence-electron chi connectivity index (χ1n) is 26.6. The Morgan fingerprint density at radius 3 is 1.04 bits per heavy atom. The average Bonchev–Trinajstić information content (AvgIpc) is 3.96. The molecule has 6 aromatic carbocycles. The summed E-state index contributed by atoms with van der Waals surface area (Å²) in [6.07, 6.45) is 30.9. The van der Waals surface area contributed by atoms with Gasteiger partial charge in [-0.1, -0.05) is 225 Å². The molecule has 384 valence electrons. The number of rotatable bonds is 12. The molecule has 0 aromatic heterocycles. The Balaban J connectivity index is 0.000000439. The van der Waals surface area contributed by atoms with Gasteiger partial charge in [-0.2, -0.15) is 12.1 Å². The van der Waals surface area contributed by atoms with Gasteiger partial charge in [-0.15, -0.1) is 93.9 Å². The van der Waals surface area contributed by atoms with E-state index >= 15 is 0 Å². The number of hydrogen-bond acceptors (Lipinski definition) is 0. The number of fused-ring (bicyclic) bond motifs is 2. The molecule has 70 heavy (non-hydrogen) atoms. The van der Waals surface area contributed by atoms with Gasteiger partial charge in [0.25, 0.3) is 0 Å². The average molecular weight is 1110 g/mol. The zero-order valence-corrected chi connectivity index (χ0v) is 52.9. The van der Waals surface area contributed by atoms with Gasteiger partial charge in [0.05, 0.1) is 16.1 Å². The van der Waals surface area contributed by atoms with E-state index in [9.17, 15) is 0 Å². The van der Waals surface area contributed by atoms with Crippen molar-refractivity contribution < 1.29 is 23.3 Å². The fourth-order valence-electron chi connectivity index (χ4n) is 12.2. The van der Waals surface area contributed by atoms with Crippen molar-refractivity contribution in [1.29, 1.82) is 0 Å². The second kappa shape index (κ2) is 30.5. The van der Waals surface area contributed by atoms with Crippen LogP contribution in [0.2, 0.25) is 39.3 Å². The van der Waals surface area contributed by atoms with Crippen LogP contribution >= 0.6 is 24.8 Å². The van der Waals surface area contributed by atoms with Crippen LogP contribution in [-0.2, 0) is 36.2 Å². The number of hydrogen-bond donors (Lipinski definition) is 0. The van der Waals surface area contributed by atoms with Crippen molar-refractivity contribution in [3.63, 3.8) is 0 Å². The molecule has 6 heteroatoms. The van der Waals surface area contributed by atoms with Crippen molar-refractivity contribution in [1.82, 2.24) is 0 Å². The van der Waals surface area contributed by atoms with Gasteiger partial charge in [-0.25, -0.2) is 0 Å². The molecule has 0 aliphatic heterocycles. The van der Waals surface area contributed by atoms with E-state index in [0.29, 0.717) is 10.8 Å². The van der Waals surface area contributed by atoms with Crippen LogP contribution in [0.1, 0.15) is 153 Å². The molecule has 2 aliphatic carbocycles. The standard InChI is InChI=1S/2C31H43Si.2CH3.2ClH.Si.Zr/c2*1-5-19-31(20-10-8-6-7-9-11-21-31)24-25-22-27-13-12-14-29(30(27)23-25)26-15-17-28(18-16-26)32(2,3)4;;;;;;/h2*12-18,22-23H,5-11,19-21,24H2,1-4H3;2*1H3;2*1H;;/q4*-1;;;;. The summed E-state index contributed by atoms with van der Waals surface area (Å²) in [6, 6.07) is 42.7. The third-order valence-corrected chi connectivity index (χ3v) is 19.9. The van der Waals surface area contributed by atoms with E-state index in [1.165, 1.54) is 208 Å². The van der Waals surface area contributed by atoms with Gasteiger partial charge in [0.1, 0.15) is 0 Å². The second-order valence-corrected chi connectivity index (χ2v) is 33.2. The molecule has 2 radical (unpaired) electrons. The normalized spacial score (nSPS) is 16.2. The van der Waals surface area contributed by atoms with Gasteiger partial charge in [-0.3, -0.25) is 0 Å². The molecule has 0 amide bonds. The van der Waals surface area contributed by atoms with Crippen molar-refractivity contribution in [2.75, 3.05) is 0 Å². The van der Waals surface area contributed by atoms with Crippen LogP contribution in [0.25, 0.3) is 43.8 Å². The molecule has 8 rings (SSSR count). The summed E-state index contributed by atoms with van der Waals surface area (Å²) in [4.78, 5) is 0. The summed E-state index contributed by atoms with van der Waals surface area (Å²) >= 11 is 1.36. The van der Waals surface area contributed by atoms with Crippen molar-refractivity contribution in [2.24, 2.45) is 10.8 Å². The maximum absolute atomic E-state index is 3.06. The molecule has 0 bridgehead atoms. The van der Waals surface area contributed by atoms with Crippen molar-refractivity contribution >= 4 is 79.8 Å². The predicted molar refractivity (Wildman–Crippen MR) is 325 cm³/mol. The van der Waals surface area contributed by atoms with Gasteiger partial charge in [-0.05, 0) is 73.3 Å². The van der Waals surface area contributed by atoms with E-state index in [1.807, 2.05) is 0 Å². The zero-order chi connectivity index (χ0) is 47.2. The minimum absolute atomic E-state index is 0. The summed E-state index contributed by atoms with van der Waals surface area (Å²) in [5.74, 6) is 0. The topological polar surface area (TPSA) is 0 Å². The fraction of sp³-hybridized carbons (Fsp3) is 0.500. The van der Waals surface area contributed by atoms with Gasteiger partial charge in [0, 0.05) is 0 Å². The first-order valence-corrected chi connectivity index (χ1v) is 37.8. The minimum atomic E-state index is -1.26. The fourth-order valence-corrected chi connectivity index (χ4v) is 14.6. The van der Waals surface area contributed by atoms with Crippen LogP contribution in [0, 0.1) is 25.7 Å². The Labute approximate surface area is 461 Å². The van der Waals surface area contributed by atoms with Crippen LogP contribution < -0.4 is 10.4 Å². The van der Waals surface area contributed by atoms with E-state index in [-0.39, 0.29) is 39.7 Å². The first-order chi connectivity index (χ1) is 31.8. The van der Waals surface area contributed by atoms with E-state index in [4.69, 9.17) is 0 Å². The Hall–Kier alpha value is -1.79. The molecular weight excluding hydrogens is 1020 g/mol. The van der Waals surface area contributed by atoms with E-state index in [1.54, 1.807) is 21.5 Å². The predicted octanol–water partition coefficient (Wildman–Crippen LogP) is 19.8. The third-order valence-electron chi connectivity index (χ3n) is 15.8. The third kappa shape index (κ3) is 17.7. The van der Waals surface area contributed by atoms with Gasteiger partial charge in [0.15, 0.2) is 0 Å². The second-order valence-electron chi connectivity index (χ2n) is 23.1. The van der Waals surface area contributed by atoms with E-state index in [2.05, 4.69) is 169 Å². The first kappa shape index (κ1) is 64.3. The van der Waals surface area contributed by atoms with Crippen LogP contribution in [0.15, 0.2) is 109 Å². The molecule has 2 aliphatic rings. The summed E-state index contributed by atoms with van der Waals surface area (Å²) in [7, 11) is -2.52. The molecule has 0 spiro atoms. The molecule has 0 nitrogen and oxygen atoms in total. The Bertz CT molecular complexity index is 2190. The van der Waals surface area contributed by atoms with Crippen molar-refractivity contribution in [3.8, 4) is 22.3 Å². The molecule has 0 atom stereocenters. The van der Waals surface area contributed by atoms with Gasteiger partial charge in [0.2, 0.25) is 0 Å². The van der Waals surface area contributed by atoms with Crippen LogP contribution in [0.5, 0.6) is 0 Å². The molecule has 2 fully saturated rings. The molecular formula is C64H94Cl2Si3Zr-4. The number of benzene rings is 4. The molecule has 0 N–H and O–H groups in total. The van der Waals surface area contributed by atoms with Crippen molar-refractivity contribution in [3.05, 3.63) is 135 Å². The molecule has 0 unspecified atom stereocenters. The molecule has 6 aromatic rings. The summed E-state index contributed by atoms with van der Waals surface area (Å²) in [5.41, 5.74) is 9.69. The summed E-state index contributed by atoms with van der Waals surface area (Å²) in [6.45, 7) is 22.4. The summed E-state index contributed by atoms with van der Waals surface area (Å²) in [5, 5.41) is 8.80. The van der Waals surface area contributed by atoms with Crippen LogP contribution in [0.4, 0.5) is 0 Å². The zero-order valence-electron chi connectivity index (χ0n) is 45.8. The molecule has 0 heterocycles. The Kier molecular flexibility index (Phi) is 28.1. The quantitative estimate of drug-likeness (QED) is 0.0846. The summed E-state index contributed by atoms with van der Waals surface area (Å²) < 4.78 is 0. The van der Waals surface area contributed by atoms with E-state index < -0.39 is 16.1 Å². The van der Waals surface area contributed by atoms with Crippen LogP contribution in [-0.4, -0.2) is 23.0 Å². The Morgan fingerprint density at radius 2 is 0.757 bits per heavy atom. The monoisotopic (exact) mass is 1110 g/mol. The molecule has 0 saturated heterocycles. The van der Waals surface area contributed by atoms with E-state index in [0.717, 1.165) is 0 Å². The maximum atomic E-state index is 3.06. The molecule has 2 saturated carbocycles. The van der Waals surface area contributed by atoms with Crippen molar-refractivity contribution in [2.45, 2.75) is 194 Å². The van der Waals surface area contributed by atoms with Crippen LogP contribution in [0.3, 0.4) is 0 Å². The van der Waals surface area contributed by atoms with Gasteiger partial charge >= 0.3 is 30.2 Å². The Morgan fingerprint density at radius 1 is 0.457 bits per heavy atom. The number of halogens is 2. The van der Waals surface area contributed by atoms with Gasteiger partial charge < -0.3 is 14.9 Å². The SMILES string of the molecule is CCCC1(Cc2cc3c(-c4ccc([Si](C)(C)C)cc4)cccc3[cH-]2)CCCCCCCC1.CCCC1(Cc2cc3c(-c4ccc([Si](C)(C)C)cc4)cccc3[cH-]2)CCCCCCCC1.Cl.Cl.[CH3-].[CH3-].[Si]=[Zr].